The Bertz CT molecular complexity index is 412. The highest BCUT2D eigenvalue weighted by Gasteiger charge is 2.23. The van der Waals surface area contributed by atoms with Gasteiger partial charge in [0.05, 0.1) is 5.54 Å². The highest BCUT2D eigenvalue weighted by molar-refractivity contribution is 5.77. The van der Waals surface area contributed by atoms with Crippen LogP contribution >= 0.6 is 0 Å². The van der Waals surface area contributed by atoms with Gasteiger partial charge in [-0.2, -0.15) is 0 Å². The molecule has 0 aliphatic carbocycles. The average Bonchev–Trinajstić information content (AvgIpc) is 2.61. The lowest BCUT2D eigenvalue weighted by atomic mass is 10.0. The van der Waals surface area contributed by atoms with E-state index < -0.39 is 5.54 Å². The summed E-state index contributed by atoms with van der Waals surface area (Å²) in [7, 11) is 0. The third-order valence-electron chi connectivity index (χ3n) is 2.41. The quantitative estimate of drug-likeness (QED) is 0.755. The topological polar surface area (TPSA) is 65.2 Å². The third-order valence-corrected chi connectivity index (χ3v) is 2.41. The Morgan fingerprint density at radius 2 is 2.07 bits per heavy atom. The van der Waals surface area contributed by atoms with Crippen LogP contribution in [0, 0.1) is 0 Å². The summed E-state index contributed by atoms with van der Waals surface area (Å²) in [5.41, 5.74) is 11.8. The van der Waals surface area contributed by atoms with Crippen LogP contribution < -0.4 is 11.5 Å². The van der Waals surface area contributed by atoms with Crippen LogP contribution in [0.25, 0.3) is 11.0 Å². The van der Waals surface area contributed by atoms with E-state index in [1.165, 1.54) is 0 Å². The molecule has 1 aromatic carbocycles. The zero-order chi connectivity index (χ0) is 10.2. The van der Waals surface area contributed by atoms with Gasteiger partial charge in [0, 0.05) is 11.9 Å². The van der Waals surface area contributed by atoms with E-state index >= 15 is 0 Å². The summed E-state index contributed by atoms with van der Waals surface area (Å²) in [6.07, 6.45) is 0. The van der Waals surface area contributed by atoms with Crippen LogP contribution in [0.5, 0.6) is 0 Å². The maximum Gasteiger partial charge on any atom is 0.134 e. The number of para-hydroxylation sites is 1. The van der Waals surface area contributed by atoms with Crippen LogP contribution in [0.1, 0.15) is 12.7 Å². The molecule has 0 saturated carbocycles. The number of furan rings is 1. The molecule has 0 spiro atoms. The van der Waals surface area contributed by atoms with E-state index in [1.54, 1.807) is 0 Å². The van der Waals surface area contributed by atoms with Crippen molar-refractivity contribution in [1.82, 2.24) is 0 Å². The maximum absolute atomic E-state index is 5.98. The van der Waals surface area contributed by atoms with E-state index in [1.807, 2.05) is 37.3 Å². The predicted molar refractivity (Wildman–Crippen MR) is 56.8 cm³/mol. The summed E-state index contributed by atoms with van der Waals surface area (Å²) in [4.78, 5) is 0. The lowest BCUT2D eigenvalue weighted by molar-refractivity contribution is 0.391. The van der Waals surface area contributed by atoms with Gasteiger partial charge in [-0.25, -0.2) is 0 Å². The first-order chi connectivity index (χ1) is 6.63. The van der Waals surface area contributed by atoms with E-state index in [9.17, 15) is 0 Å². The Morgan fingerprint density at radius 1 is 1.36 bits per heavy atom. The number of fused-ring (bicyclic) bond motifs is 1. The number of hydrogen-bond donors (Lipinski definition) is 2. The van der Waals surface area contributed by atoms with Gasteiger partial charge >= 0.3 is 0 Å². The highest BCUT2D eigenvalue weighted by Crippen LogP contribution is 2.25. The van der Waals surface area contributed by atoms with Gasteiger partial charge in [0.2, 0.25) is 0 Å². The lowest BCUT2D eigenvalue weighted by Crippen LogP contribution is -2.40. The number of rotatable bonds is 2. The zero-order valence-electron chi connectivity index (χ0n) is 8.16. The minimum Gasteiger partial charge on any atom is -0.459 e. The molecule has 1 atom stereocenters. The largest absolute Gasteiger partial charge is 0.459 e. The summed E-state index contributed by atoms with van der Waals surface area (Å²) in [5, 5.41) is 1.06. The first kappa shape index (κ1) is 9.24. The smallest absolute Gasteiger partial charge is 0.134 e. The minimum absolute atomic E-state index is 0.368. The van der Waals surface area contributed by atoms with Gasteiger partial charge in [-0.15, -0.1) is 0 Å². The molecule has 3 nitrogen and oxygen atoms in total. The molecule has 2 rings (SSSR count). The third kappa shape index (κ3) is 1.41. The van der Waals surface area contributed by atoms with Crippen LogP contribution in [0.2, 0.25) is 0 Å². The van der Waals surface area contributed by atoms with Crippen molar-refractivity contribution in [3.63, 3.8) is 0 Å². The minimum atomic E-state index is -0.584. The molecule has 14 heavy (non-hydrogen) atoms. The van der Waals surface area contributed by atoms with E-state index in [0.29, 0.717) is 6.54 Å². The van der Waals surface area contributed by atoms with Crippen molar-refractivity contribution in [2.24, 2.45) is 11.5 Å². The van der Waals surface area contributed by atoms with E-state index in [4.69, 9.17) is 15.9 Å². The van der Waals surface area contributed by atoms with Crippen molar-refractivity contribution in [2.75, 3.05) is 6.54 Å². The molecule has 1 unspecified atom stereocenters. The molecule has 3 heteroatoms. The Kier molecular flexibility index (Phi) is 2.06. The van der Waals surface area contributed by atoms with Crippen molar-refractivity contribution < 1.29 is 4.42 Å². The zero-order valence-corrected chi connectivity index (χ0v) is 8.16. The van der Waals surface area contributed by atoms with Gasteiger partial charge in [-0.3, -0.25) is 0 Å². The van der Waals surface area contributed by atoms with Gasteiger partial charge in [0.15, 0.2) is 0 Å². The second kappa shape index (κ2) is 3.12. The van der Waals surface area contributed by atoms with E-state index in [0.717, 1.165) is 16.7 Å². The second-order valence-corrected chi connectivity index (χ2v) is 3.77. The van der Waals surface area contributed by atoms with E-state index in [-0.39, 0.29) is 0 Å². The summed E-state index contributed by atoms with van der Waals surface area (Å²) >= 11 is 0. The Morgan fingerprint density at radius 3 is 2.71 bits per heavy atom. The fourth-order valence-corrected chi connectivity index (χ4v) is 1.36. The number of hydrogen-bond acceptors (Lipinski definition) is 3. The highest BCUT2D eigenvalue weighted by atomic mass is 16.3. The second-order valence-electron chi connectivity index (χ2n) is 3.77. The van der Waals surface area contributed by atoms with E-state index in [2.05, 4.69) is 0 Å². The van der Waals surface area contributed by atoms with Crippen molar-refractivity contribution in [1.29, 1.82) is 0 Å². The van der Waals surface area contributed by atoms with Gasteiger partial charge in [-0.1, -0.05) is 18.2 Å². The van der Waals surface area contributed by atoms with Gasteiger partial charge < -0.3 is 15.9 Å². The fourth-order valence-electron chi connectivity index (χ4n) is 1.36. The molecular weight excluding hydrogens is 176 g/mol. The molecular formula is C11H14N2O. The average molecular weight is 190 g/mol. The molecule has 0 amide bonds. The van der Waals surface area contributed by atoms with Gasteiger partial charge in [0.1, 0.15) is 11.3 Å². The molecule has 4 N–H and O–H groups in total. The SMILES string of the molecule is CC(N)(CN)c1cc2ccccc2o1. The van der Waals surface area contributed by atoms with Crippen molar-refractivity contribution in [3.05, 3.63) is 36.1 Å². The summed E-state index contributed by atoms with van der Waals surface area (Å²) in [5.74, 6) is 0.737. The lowest BCUT2D eigenvalue weighted by Gasteiger charge is -2.18. The normalized spacial score (nSPS) is 15.6. The van der Waals surface area contributed by atoms with Crippen LogP contribution in [-0.2, 0) is 5.54 Å². The van der Waals surface area contributed by atoms with Gasteiger partial charge in [0.25, 0.3) is 0 Å². The van der Waals surface area contributed by atoms with Crippen molar-refractivity contribution in [2.45, 2.75) is 12.5 Å². The van der Waals surface area contributed by atoms with Crippen LogP contribution in [0.3, 0.4) is 0 Å². The van der Waals surface area contributed by atoms with Gasteiger partial charge in [-0.05, 0) is 19.1 Å². The Balaban J connectivity index is 2.55. The number of benzene rings is 1. The first-order valence-corrected chi connectivity index (χ1v) is 4.61. The molecule has 74 valence electrons. The maximum atomic E-state index is 5.98. The molecule has 1 heterocycles. The first-order valence-electron chi connectivity index (χ1n) is 4.61. The molecule has 2 aromatic rings. The summed E-state index contributed by atoms with van der Waals surface area (Å²) < 4.78 is 5.62. The molecule has 0 aliphatic heterocycles. The predicted octanol–water partition coefficient (Wildman–Crippen LogP) is 1.57. The van der Waals surface area contributed by atoms with Crippen LogP contribution in [0.15, 0.2) is 34.7 Å². The molecule has 0 fully saturated rings. The molecule has 0 bridgehead atoms. The Hall–Kier alpha value is -1.32. The monoisotopic (exact) mass is 190 g/mol. The molecule has 1 aromatic heterocycles. The summed E-state index contributed by atoms with van der Waals surface area (Å²) in [6, 6.07) is 9.77. The summed E-state index contributed by atoms with van der Waals surface area (Å²) in [6.45, 7) is 2.23. The fraction of sp³-hybridized carbons (Fsp3) is 0.273. The van der Waals surface area contributed by atoms with Crippen molar-refractivity contribution in [3.8, 4) is 0 Å². The standard InChI is InChI=1S/C11H14N2O/c1-11(13,7-12)10-6-8-4-2-3-5-9(8)14-10/h2-6H,7,12-13H2,1H3. The van der Waals surface area contributed by atoms with Crippen LogP contribution in [0.4, 0.5) is 0 Å². The molecule has 0 radical (unpaired) electrons. The number of nitrogens with two attached hydrogens (primary N) is 2. The van der Waals surface area contributed by atoms with Crippen LogP contribution in [-0.4, -0.2) is 6.54 Å². The Labute approximate surface area is 82.7 Å². The molecule has 0 aliphatic rings. The molecule has 0 saturated heterocycles. The van der Waals surface area contributed by atoms with Crippen molar-refractivity contribution >= 4 is 11.0 Å².